The second kappa shape index (κ2) is 4.90. The first-order valence-corrected chi connectivity index (χ1v) is 5.35. The molecule has 0 aliphatic rings. The third-order valence-electron chi connectivity index (χ3n) is 2.24. The summed E-state index contributed by atoms with van der Waals surface area (Å²) in [6.45, 7) is 0.427. The Bertz CT molecular complexity index is 471. The van der Waals surface area contributed by atoms with Gasteiger partial charge in [0.15, 0.2) is 0 Å². The van der Waals surface area contributed by atoms with Crippen LogP contribution in [0.4, 0.5) is 5.69 Å². The number of anilines is 1. The van der Waals surface area contributed by atoms with Crippen molar-refractivity contribution in [3.63, 3.8) is 0 Å². The lowest BCUT2D eigenvalue weighted by Crippen LogP contribution is -1.99. The van der Waals surface area contributed by atoms with Crippen molar-refractivity contribution in [1.82, 2.24) is 0 Å². The van der Waals surface area contributed by atoms with Crippen molar-refractivity contribution in [3.05, 3.63) is 59.1 Å². The third kappa shape index (κ3) is 2.67. The van der Waals surface area contributed by atoms with E-state index in [0.717, 1.165) is 11.3 Å². The fourth-order valence-electron chi connectivity index (χ4n) is 1.38. The predicted molar refractivity (Wildman–Crippen MR) is 66.6 cm³/mol. The van der Waals surface area contributed by atoms with Crippen LogP contribution >= 0.6 is 11.6 Å². The Morgan fingerprint density at radius 1 is 1.06 bits per heavy atom. The van der Waals surface area contributed by atoms with Gasteiger partial charge < -0.3 is 10.5 Å². The summed E-state index contributed by atoms with van der Waals surface area (Å²) in [6, 6.07) is 15.0. The quantitative estimate of drug-likeness (QED) is 0.824. The van der Waals surface area contributed by atoms with Crippen molar-refractivity contribution in [1.29, 1.82) is 0 Å². The molecule has 0 amide bonds. The van der Waals surface area contributed by atoms with Gasteiger partial charge in [-0.1, -0.05) is 29.8 Å². The molecule has 0 fully saturated rings. The highest BCUT2D eigenvalue weighted by atomic mass is 35.5. The van der Waals surface area contributed by atoms with E-state index < -0.39 is 0 Å². The number of halogens is 1. The monoisotopic (exact) mass is 233 g/mol. The maximum atomic E-state index is 5.89. The third-order valence-corrected chi connectivity index (χ3v) is 2.48. The molecule has 0 heterocycles. The van der Waals surface area contributed by atoms with E-state index in [1.54, 1.807) is 12.1 Å². The molecule has 0 saturated carbocycles. The van der Waals surface area contributed by atoms with Crippen molar-refractivity contribution in [2.45, 2.75) is 6.61 Å². The van der Waals surface area contributed by atoms with Crippen LogP contribution in [0.5, 0.6) is 5.75 Å². The first-order chi connectivity index (χ1) is 7.75. The van der Waals surface area contributed by atoms with Gasteiger partial charge in [-0.15, -0.1) is 0 Å². The molecule has 0 radical (unpaired) electrons. The molecule has 0 saturated heterocycles. The Morgan fingerprint density at radius 2 is 1.81 bits per heavy atom. The largest absolute Gasteiger partial charge is 0.489 e. The van der Waals surface area contributed by atoms with Crippen LogP contribution in [-0.4, -0.2) is 0 Å². The first kappa shape index (κ1) is 10.8. The second-order valence-corrected chi connectivity index (χ2v) is 3.88. The van der Waals surface area contributed by atoms with E-state index in [0.29, 0.717) is 17.3 Å². The summed E-state index contributed by atoms with van der Waals surface area (Å²) in [4.78, 5) is 0. The number of nitrogens with two attached hydrogens (primary N) is 1. The van der Waals surface area contributed by atoms with E-state index in [1.807, 2.05) is 36.4 Å². The molecule has 2 N–H and O–H groups in total. The molecule has 2 aromatic rings. The number of hydrogen-bond acceptors (Lipinski definition) is 2. The van der Waals surface area contributed by atoms with Crippen molar-refractivity contribution in [2.24, 2.45) is 0 Å². The zero-order valence-corrected chi connectivity index (χ0v) is 9.45. The SMILES string of the molecule is Nc1ccc(Cl)cc1COc1ccccc1. The van der Waals surface area contributed by atoms with Crippen LogP contribution in [0, 0.1) is 0 Å². The van der Waals surface area contributed by atoms with E-state index in [4.69, 9.17) is 22.1 Å². The number of benzene rings is 2. The molecule has 0 bridgehead atoms. The smallest absolute Gasteiger partial charge is 0.119 e. The van der Waals surface area contributed by atoms with Gasteiger partial charge in [-0.05, 0) is 30.3 Å². The van der Waals surface area contributed by atoms with Crippen LogP contribution in [0.2, 0.25) is 5.02 Å². The van der Waals surface area contributed by atoms with Crippen LogP contribution in [0.3, 0.4) is 0 Å². The second-order valence-electron chi connectivity index (χ2n) is 3.44. The average molecular weight is 234 g/mol. The van der Waals surface area contributed by atoms with Gasteiger partial charge in [0.25, 0.3) is 0 Å². The number of ether oxygens (including phenoxy) is 1. The van der Waals surface area contributed by atoms with Crippen LogP contribution in [0.1, 0.15) is 5.56 Å². The van der Waals surface area contributed by atoms with Crippen LogP contribution in [-0.2, 0) is 6.61 Å². The lowest BCUT2D eigenvalue weighted by Gasteiger charge is -2.08. The van der Waals surface area contributed by atoms with Gasteiger partial charge in [-0.2, -0.15) is 0 Å². The van der Waals surface area contributed by atoms with Crippen LogP contribution < -0.4 is 10.5 Å². The molecular weight excluding hydrogens is 222 g/mol. The van der Waals surface area contributed by atoms with E-state index in [9.17, 15) is 0 Å². The minimum absolute atomic E-state index is 0.427. The molecule has 2 rings (SSSR count). The van der Waals surface area contributed by atoms with Gasteiger partial charge in [0.2, 0.25) is 0 Å². The molecule has 0 spiro atoms. The molecular formula is C13H12ClNO. The van der Waals surface area contributed by atoms with Crippen molar-refractivity contribution in [3.8, 4) is 5.75 Å². The van der Waals surface area contributed by atoms with Gasteiger partial charge in [-0.3, -0.25) is 0 Å². The van der Waals surface area contributed by atoms with Crippen molar-refractivity contribution < 1.29 is 4.74 Å². The summed E-state index contributed by atoms with van der Waals surface area (Å²) in [6.07, 6.45) is 0. The van der Waals surface area contributed by atoms with Crippen molar-refractivity contribution >= 4 is 17.3 Å². The highest BCUT2D eigenvalue weighted by Gasteiger charge is 2.01. The minimum Gasteiger partial charge on any atom is -0.489 e. The summed E-state index contributed by atoms with van der Waals surface area (Å²) in [5.74, 6) is 0.821. The molecule has 3 heteroatoms. The molecule has 2 nitrogen and oxygen atoms in total. The van der Waals surface area contributed by atoms with Crippen LogP contribution in [0.15, 0.2) is 48.5 Å². The number of nitrogen functional groups attached to an aromatic ring is 1. The summed E-state index contributed by atoms with van der Waals surface area (Å²) in [5.41, 5.74) is 7.41. The Hall–Kier alpha value is -1.67. The van der Waals surface area contributed by atoms with Gasteiger partial charge in [0.05, 0.1) is 0 Å². The summed E-state index contributed by atoms with van der Waals surface area (Å²) < 4.78 is 5.59. The summed E-state index contributed by atoms with van der Waals surface area (Å²) >= 11 is 5.89. The minimum atomic E-state index is 0.427. The van der Waals surface area contributed by atoms with Gasteiger partial charge in [0, 0.05) is 16.3 Å². The normalized spacial score (nSPS) is 10.1. The lowest BCUT2D eigenvalue weighted by molar-refractivity contribution is 0.307. The van der Waals surface area contributed by atoms with Crippen LogP contribution in [0.25, 0.3) is 0 Å². The predicted octanol–water partition coefficient (Wildman–Crippen LogP) is 3.50. The molecule has 0 aromatic heterocycles. The Morgan fingerprint density at radius 3 is 2.56 bits per heavy atom. The fraction of sp³-hybridized carbons (Fsp3) is 0.0769. The standard InChI is InChI=1S/C13H12ClNO/c14-11-6-7-13(15)10(8-11)9-16-12-4-2-1-3-5-12/h1-8H,9,15H2. The van der Waals surface area contributed by atoms with E-state index in [-0.39, 0.29) is 0 Å². The molecule has 2 aromatic carbocycles. The zero-order valence-electron chi connectivity index (χ0n) is 8.69. The molecule has 82 valence electrons. The molecule has 0 aliphatic carbocycles. The first-order valence-electron chi connectivity index (χ1n) is 4.97. The number of para-hydroxylation sites is 1. The zero-order chi connectivity index (χ0) is 11.4. The number of rotatable bonds is 3. The average Bonchev–Trinajstić information content (AvgIpc) is 2.32. The Kier molecular flexibility index (Phi) is 3.32. The maximum Gasteiger partial charge on any atom is 0.119 e. The molecule has 16 heavy (non-hydrogen) atoms. The topological polar surface area (TPSA) is 35.2 Å². The molecule has 0 atom stereocenters. The highest BCUT2D eigenvalue weighted by Crippen LogP contribution is 2.20. The summed E-state index contributed by atoms with van der Waals surface area (Å²) in [7, 11) is 0. The molecule has 0 unspecified atom stereocenters. The van der Waals surface area contributed by atoms with Crippen molar-refractivity contribution in [2.75, 3.05) is 5.73 Å². The van der Waals surface area contributed by atoms with Gasteiger partial charge >= 0.3 is 0 Å². The Labute approximate surface area is 99.6 Å². The van der Waals surface area contributed by atoms with Gasteiger partial charge in [-0.25, -0.2) is 0 Å². The fourth-order valence-corrected chi connectivity index (χ4v) is 1.57. The summed E-state index contributed by atoms with van der Waals surface area (Å²) in [5, 5.41) is 0.667. The lowest BCUT2D eigenvalue weighted by atomic mass is 10.2. The van der Waals surface area contributed by atoms with E-state index >= 15 is 0 Å². The van der Waals surface area contributed by atoms with E-state index in [1.165, 1.54) is 0 Å². The molecule has 0 aliphatic heterocycles. The van der Waals surface area contributed by atoms with E-state index in [2.05, 4.69) is 0 Å². The maximum absolute atomic E-state index is 5.89. The Balaban J connectivity index is 2.08. The van der Waals surface area contributed by atoms with Gasteiger partial charge in [0.1, 0.15) is 12.4 Å². The number of hydrogen-bond donors (Lipinski definition) is 1. The highest BCUT2D eigenvalue weighted by molar-refractivity contribution is 6.30.